The second-order valence-electron chi connectivity index (χ2n) is 6.84. The zero-order chi connectivity index (χ0) is 18.3. The molecule has 2 aromatic carbocycles. The van der Waals surface area contributed by atoms with Gasteiger partial charge in [0.15, 0.2) is 6.67 Å². The van der Waals surface area contributed by atoms with Crippen molar-refractivity contribution >= 4 is 29.0 Å². The van der Waals surface area contributed by atoms with Crippen LogP contribution in [0.15, 0.2) is 42.5 Å². The van der Waals surface area contributed by atoms with Crippen LogP contribution in [-0.4, -0.2) is 31.5 Å². The fourth-order valence-corrected chi connectivity index (χ4v) is 3.63. The van der Waals surface area contributed by atoms with Crippen LogP contribution < -0.4 is 14.5 Å². The standard InChI is InChI=1S/C20H19ClN2O3/c1-26-16-7-2-13(3-8-16)11-22(15-5-6-15)12-23-18-9-4-14(21)10-17(18)19(24)20(23)25/h2-4,7-10,15H,5-6,11-12H2,1H3/p+1. The topological polar surface area (TPSA) is 51.1 Å². The molecule has 0 spiro atoms. The van der Waals surface area contributed by atoms with Gasteiger partial charge in [0.25, 0.3) is 5.78 Å². The molecule has 26 heavy (non-hydrogen) atoms. The molecule has 4 rings (SSSR count). The molecule has 1 aliphatic carbocycles. The van der Waals surface area contributed by atoms with E-state index >= 15 is 0 Å². The molecule has 0 radical (unpaired) electrons. The number of nitrogens with zero attached hydrogens (tertiary/aromatic N) is 1. The molecular formula is C20H20ClN2O3+. The van der Waals surface area contributed by atoms with Crippen molar-refractivity contribution in [1.82, 2.24) is 0 Å². The lowest BCUT2D eigenvalue weighted by Gasteiger charge is -2.25. The lowest BCUT2D eigenvalue weighted by molar-refractivity contribution is -0.923. The Morgan fingerprint density at radius 1 is 1.15 bits per heavy atom. The van der Waals surface area contributed by atoms with Crippen LogP contribution in [0.1, 0.15) is 28.8 Å². The van der Waals surface area contributed by atoms with Gasteiger partial charge in [0.1, 0.15) is 12.3 Å². The normalized spacial score (nSPS) is 17.4. The molecule has 2 aromatic rings. The van der Waals surface area contributed by atoms with Crippen LogP contribution in [0.3, 0.4) is 0 Å². The van der Waals surface area contributed by atoms with Crippen molar-refractivity contribution in [1.29, 1.82) is 0 Å². The van der Waals surface area contributed by atoms with E-state index in [0.717, 1.165) is 25.1 Å². The monoisotopic (exact) mass is 371 g/mol. The Hall–Kier alpha value is -2.37. The summed E-state index contributed by atoms with van der Waals surface area (Å²) in [7, 11) is 1.65. The molecule has 1 N–H and O–H groups in total. The fraction of sp³-hybridized carbons (Fsp3) is 0.300. The van der Waals surface area contributed by atoms with E-state index in [1.54, 1.807) is 30.2 Å². The maximum atomic E-state index is 12.5. The van der Waals surface area contributed by atoms with E-state index < -0.39 is 11.7 Å². The number of ketones is 1. The number of Topliss-reactive ketones (excluding diaryl/α,β-unsaturated/α-hetero) is 1. The number of rotatable bonds is 6. The lowest BCUT2D eigenvalue weighted by atomic mass is 10.1. The first-order valence-electron chi connectivity index (χ1n) is 8.70. The summed E-state index contributed by atoms with van der Waals surface area (Å²) in [5.41, 5.74) is 2.25. The van der Waals surface area contributed by atoms with Gasteiger partial charge in [0, 0.05) is 23.4 Å². The van der Waals surface area contributed by atoms with Crippen molar-refractivity contribution in [3.05, 3.63) is 58.6 Å². The highest BCUT2D eigenvalue weighted by Crippen LogP contribution is 2.30. The van der Waals surface area contributed by atoms with Crippen molar-refractivity contribution in [2.24, 2.45) is 0 Å². The number of ether oxygens (including phenoxy) is 1. The van der Waals surface area contributed by atoms with Gasteiger partial charge in [-0.2, -0.15) is 0 Å². The van der Waals surface area contributed by atoms with Gasteiger partial charge in [-0.05, 0) is 42.5 Å². The van der Waals surface area contributed by atoms with Crippen LogP contribution >= 0.6 is 11.6 Å². The van der Waals surface area contributed by atoms with E-state index in [1.807, 2.05) is 24.3 Å². The maximum absolute atomic E-state index is 12.5. The Kier molecular flexibility index (Phi) is 4.42. The first-order valence-corrected chi connectivity index (χ1v) is 9.08. The molecular weight excluding hydrogens is 352 g/mol. The third kappa shape index (κ3) is 3.20. The molecule has 5 nitrogen and oxygen atoms in total. The maximum Gasteiger partial charge on any atom is 0.303 e. The smallest absolute Gasteiger partial charge is 0.303 e. The molecule has 2 aliphatic rings. The van der Waals surface area contributed by atoms with Gasteiger partial charge in [0.2, 0.25) is 0 Å². The summed E-state index contributed by atoms with van der Waals surface area (Å²) in [6, 6.07) is 13.6. The van der Waals surface area contributed by atoms with E-state index in [-0.39, 0.29) is 0 Å². The summed E-state index contributed by atoms with van der Waals surface area (Å²) < 4.78 is 5.21. The highest BCUT2D eigenvalue weighted by molar-refractivity contribution is 6.52. The molecule has 0 aromatic heterocycles. The first kappa shape index (κ1) is 17.1. The van der Waals surface area contributed by atoms with Gasteiger partial charge >= 0.3 is 5.91 Å². The van der Waals surface area contributed by atoms with Crippen molar-refractivity contribution < 1.29 is 19.2 Å². The molecule has 1 aliphatic heterocycles. The zero-order valence-electron chi connectivity index (χ0n) is 14.5. The number of hydrogen-bond acceptors (Lipinski definition) is 3. The largest absolute Gasteiger partial charge is 0.497 e. The number of anilines is 1. The number of fused-ring (bicyclic) bond motifs is 1. The highest BCUT2D eigenvalue weighted by Gasteiger charge is 2.41. The average molecular weight is 372 g/mol. The Balaban J connectivity index is 1.55. The number of amides is 1. The molecule has 1 saturated carbocycles. The molecule has 1 atom stereocenters. The van der Waals surface area contributed by atoms with E-state index in [9.17, 15) is 9.59 Å². The molecule has 0 bridgehead atoms. The number of quaternary nitrogens is 1. The lowest BCUT2D eigenvalue weighted by Crippen LogP contribution is -3.13. The third-order valence-electron chi connectivity index (χ3n) is 5.04. The number of carbonyl (C=O) groups is 2. The molecule has 6 heteroatoms. The molecule has 1 heterocycles. The van der Waals surface area contributed by atoms with Gasteiger partial charge in [-0.15, -0.1) is 0 Å². The van der Waals surface area contributed by atoms with E-state index in [0.29, 0.717) is 29.0 Å². The molecule has 1 fully saturated rings. The quantitative estimate of drug-likeness (QED) is 0.791. The minimum absolute atomic E-state index is 0.405. The minimum Gasteiger partial charge on any atom is -0.497 e. The third-order valence-corrected chi connectivity index (χ3v) is 5.27. The number of benzene rings is 2. The number of nitrogens with one attached hydrogen (secondary N) is 1. The van der Waals surface area contributed by atoms with Gasteiger partial charge in [-0.3, -0.25) is 14.5 Å². The van der Waals surface area contributed by atoms with Crippen LogP contribution in [0, 0.1) is 0 Å². The summed E-state index contributed by atoms with van der Waals surface area (Å²) in [4.78, 5) is 27.7. The minimum atomic E-state index is -0.470. The fourth-order valence-electron chi connectivity index (χ4n) is 3.46. The van der Waals surface area contributed by atoms with Crippen molar-refractivity contribution in [3.63, 3.8) is 0 Å². The van der Waals surface area contributed by atoms with Gasteiger partial charge in [-0.25, -0.2) is 0 Å². The zero-order valence-corrected chi connectivity index (χ0v) is 15.3. The van der Waals surface area contributed by atoms with Crippen LogP contribution in [0.5, 0.6) is 5.75 Å². The summed E-state index contributed by atoms with van der Waals surface area (Å²) in [6.45, 7) is 1.28. The molecule has 1 amide bonds. The van der Waals surface area contributed by atoms with Crippen LogP contribution in [0.4, 0.5) is 5.69 Å². The van der Waals surface area contributed by atoms with Gasteiger partial charge in [0.05, 0.1) is 24.4 Å². The Morgan fingerprint density at radius 2 is 1.88 bits per heavy atom. The highest BCUT2D eigenvalue weighted by atomic mass is 35.5. The van der Waals surface area contributed by atoms with Crippen LogP contribution in [0.25, 0.3) is 0 Å². The molecule has 134 valence electrons. The summed E-state index contributed by atoms with van der Waals surface area (Å²) in [6.07, 6.45) is 2.30. The predicted octanol–water partition coefficient (Wildman–Crippen LogP) is 2.08. The van der Waals surface area contributed by atoms with E-state index in [2.05, 4.69) is 0 Å². The summed E-state index contributed by atoms with van der Waals surface area (Å²) >= 11 is 5.98. The Morgan fingerprint density at radius 3 is 2.54 bits per heavy atom. The van der Waals surface area contributed by atoms with Crippen LogP contribution in [0.2, 0.25) is 5.02 Å². The summed E-state index contributed by atoms with van der Waals surface area (Å²) in [5, 5.41) is 0.469. The SMILES string of the molecule is COc1ccc(C[NH+](CN2C(=O)C(=O)c3cc(Cl)ccc32)C2CC2)cc1. The first-order chi connectivity index (χ1) is 12.6. The van der Waals surface area contributed by atoms with Crippen LogP contribution in [-0.2, 0) is 11.3 Å². The number of methoxy groups -OCH3 is 1. The predicted molar refractivity (Wildman–Crippen MR) is 98.8 cm³/mol. The van der Waals surface area contributed by atoms with Crippen molar-refractivity contribution in [2.45, 2.75) is 25.4 Å². The van der Waals surface area contributed by atoms with Gasteiger partial charge in [-0.1, -0.05) is 11.6 Å². The molecule has 0 saturated heterocycles. The Labute approximate surface area is 157 Å². The number of halogens is 1. The number of carbonyl (C=O) groups excluding carboxylic acids is 2. The summed E-state index contributed by atoms with van der Waals surface area (Å²) in [5.74, 6) is -0.106. The van der Waals surface area contributed by atoms with E-state index in [4.69, 9.17) is 16.3 Å². The second kappa shape index (κ2) is 6.74. The average Bonchev–Trinajstić information content (AvgIpc) is 3.47. The number of hydrogen-bond donors (Lipinski definition) is 1. The van der Waals surface area contributed by atoms with Crippen molar-refractivity contribution in [3.8, 4) is 5.75 Å². The Bertz CT molecular complexity index is 862. The van der Waals surface area contributed by atoms with Gasteiger partial charge < -0.3 is 9.64 Å². The second-order valence-corrected chi connectivity index (χ2v) is 7.28. The van der Waals surface area contributed by atoms with Crippen molar-refractivity contribution in [2.75, 3.05) is 18.7 Å². The molecule has 1 unspecified atom stereocenters. The van der Waals surface area contributed by atoms with E-state index in [1.165, 1.54) is 10.5 Å².